The van der Waals surface area contributed by atoms with Gasteiger partial charge >= 0.3 is 0 Å². The quantitative estimate of drug-likeness (QED) is 0.559. The number of aliphatic hydroxyl groups excluding tert-OH is 2. The van der Waals surface area contributed by atoms with Crippen LogP contribution in [0.1, 0.15) is 24.3 Å². The maximum atomic E-state index is 13.0. The number of methoxy groups -OCH3 is 1. The van der Waals surface area contributed by atoms with E-state index in [9.17, 15) is 14.7 Å². The van der Waals surface area contributed by atoms with Crippen molar-refractivity contribution in [2.45, 2.75) is 37.0 Å². The Balaban J connectivity index is 1.71. The van der Waals surface area contributed by atoms with Crippen molar-refractivity contribution in [3.8, 4) is 5.75 Å². The summed E-state index contributed by atoms with van der Waals surface area (Å²) in [6.45, 7) is 0.598. The van der Waals surface area contributed by atoms with E-state index in [4.69, 9.17) is 14.6 Å². The van der Waals surface area contributed by atoms with Gasteiger partial charge in [-0.3, -0.25) is 9.59 Å². The van der Waals surface area contributed by atoms with E-state index in [2.05, 4.69) is 5.32 Å². The number of hydrogen-bond acceptors (Lipinski definition) is 6. The lowest BCUT2D eigenvalue weighted by atomic mass is 9.77. The Morgan fingerprint density at radius 2 is 2.07 bits per heavy atom. The fraction of sp³-hybridized carbons (Fsp3) is 0.545. The van der Waals surface area contributed by atoms with E-state index in [1.165, 1.54) is 0 Å². The molecule has 8 heteroatoms. The first-order valence-electron chi connectivity index (χ1n) is 10.4. The lowest BCUT2D eigenvalue weighted by Crippen LogP contribution is -2.56. The summed E-state index contributed by atoms with van der Waals surface area (Å²) in [5.41, 5.74) is 1.28. The standard InChI is InChI=1S/C22H28N2O6/c1-29-11-9-24(22(28)13-6-7-13)16-12-15(21(27)23-8-10-25)18-14-4-2-3-5-17(14)30-20(18)19(16)26/h2-5,12-13,16,18-20,25-26H,6-11H2,1H3,(H,23,27). The number of carbonyl (C=O) groups excluding carboxylic acids is 2. The molecule has 4 rings (SSSR count). The average Bonchev–Trinajstić information content (AvgIpc) is 3.53. The molecule has 3 aliphatic rings. The van der Waals surface area contributed by atoms with E-state index in [1.54, 1.807) is 18.1 Å². The molecular weight excluding hydrogens is 388 g/mol. The number of carbonyl (C=O) groups is 2. The second-order valence-corrected chi connectivity index (χ2v) is 7.98. The number of amides is 2. The van der Waals surface area contributed by atoms with Crippen LogP contribution in [0.3, 0.4) is 0 Å². The first-order chi connectivity index (χ1) is 14.6. The number of nitrogens with one attached hydrogen (secondary N) is 1. The summed E-state index contributed by atoms with van der Waals surface area (Å²) < 4.78 is 11.2. The third kappa shape index (κ3) is 3.82. The van der Waals surface area contributed by atoms with Crippen LogP contribution in [0.15, 0.2) is 35.9 Å². The van der Waals surface area contributed by atoms with E-state index in [-0.39, 0.29) is 30.9 Å². The first-order valence-corrected chi connectivity index (χ1v) is 10.4. The van der Waals surface area contributed by atoms with Gasteiger partial charge < -0.3 is 29.9 Å². The molecular formula is C22H28N2O6. The maximum absolute atomic E-state index is 13.0. The molecule has 3 N–H and O–H groups in total. The van der Waals surface area contributed by atoms with Gasteiger partial charge in [0.2, 0.25) is 11.8 Å². The second-order valence-electron chi connectivity index (χ2n) is 7.98. The van der Waals surface area contributed by atoms with Crippen LogP contribution < -0.4 is 10.1 Å². The predicted molar refractivity (Wildman–Crippen MR) is 108 cm³/mol. The van der Waals surface area contributed by atoms with E-state index < -0.39 is 24.2 Å². The van der Waals surface area contributed by atoms with Gasteiger partial charge in [-0.25, -0.2) is 0 Å². The summed E-state index contributed by atoms with van der Waals surface area (Å²) in [6, 6.07) is 6.72. The summed E-state index contributed by atoms with van der Waals surface area (Å²) in [7, 11) is 1.56. The Labute approximate surface area is 175 Å². The van der Waals surface area contributed by atoms with Crippen molar-refractivity contribution < 1.29 is 29.3 Å². The highest BCUT2D eigenvalue weighted by Crippen LogP contribution is 2.47. The maximum Gasteiger partial charge on any atom is 0.247 e. The number of ether oxygens (including phenoxy) is 2. The Morgan fingerprint density at radius 3 is 2.77 bits per heavy atom. The van der Waals surface area contributed by atoms with Crippen LogP contribution in [0.25, 0.3) is 0 Å². The molecule has 8 nitrogen and oxygen atoms in total. The number of aliphatic hydroxyl groups is 2. The molecule has 4 unspecified atom stereocenters. The molecule has 1 aromatic rings. The second kappa shape index (κ2) is 8.75. The van der Waals surface area contributed by atoms with Gasteiger partial charge in [0.25, 0.3) is 0 Å². The Hall–Kier alpha value is -2.42. The van der Waals surface area contributed by atoms with E-state index in [0.29, 0.717) is 24.5 Å². The highest BCUT2D eigenvalue weighted by atomic mass is 16.5. The molecule has 4 atom stereocenters. The van der Waals surface area contributed by atoms with Crippen molar-refractivity contribution in [1.29, 1.82) is 0 Å². The van der Waals surface area contributed by atoms with Gasteiger partial charge in [-0.15, -0.1) is 0 Å². The molecule has 0 bridgehead atoms. The Morgan fingerprint density at radius 1 is 1.30 bits per heavy atom. The van der Waals surface area contributed by atoms with Gasteiger partial charge in [-0.2, -0.15) is 0 Å². The van der Waals surface area contributed by atoms with Gasteiger partial charge in [0.1, 0.15) is 18.0 Å². The van der Waals surface area contributed by atoms with Crippen LogP contribution in [0.4, 0.5) is 0 Å². The van der Waals surface area contributed by atoms with E-state index in [1.807, 2.05) is 24.3 Å². The molecule has 1 saturated carbocycles. The summed E-state index contributed by atoms with van der Waals surface area (Å²) in [6.07, 6.45) is 1.71. The summed E-state index contributed by atoms with van der Waals surface area (Å²) in [4.78, 5) is 27.5. The summed E-state index contributed by atoms with van der Waals surface area (Å²) >= 11 is 0. The lowest BCUT2D eigenvalue weighted by Gasteiger charge is -2.40. The molecule has 1 aliphatic heterocycles. The minimum atomic E-state index is -0.989. The van der Waals surface area contributed by atoms with E-state index in [0.717, 1.165) is 18.4 Å². The molecule has 1 heterocycles. The first kappa shape index (κ1) is 20.8. The van der Waals surface area contributed by atoms with Gasteiger partial charge in [0, 0.05) is 37.3 Å². The fourth-order valence-electron chi connectivity index (χ4n) is 4.35. The van der Waals surface area contributed by atoms with Crippen molar-refractivity contribution in [3.63, 3.8) is 0 Å². The molecule has 0 aromatic heterocycles. The van der Waals surface area contributed by atoms with Crippen LogP contribution in [0.2, 0.25) is 0 Å². The highest BCUT2D eigenvalue weighted by Gasteiger charge is 2.51. The predicted octanol–water partition coefficient (Wildman–Crippen LogP) is 0.194. The van der Waals surface area contributed by atoms with Crippen LogP contribution in [-0.2, 0) is 14.3 Å². The highest BCUT2D eigenvalue weighted by molar-refractivity contribution is 5.96. The minimum absolute atomic E-state index is 0.0311. The van der Waals surface area contributed by atoms with Crippen LogP contribution in [-0.4, -0.2) is 78.6 Å². The zero-order chi connectivity index (χ0) is 21.3. The fourth-order valence-corrected chi connectivity index (χ4v) is 4.35. The largest absolute Gasteiger partial charge is 0.486 e. The molecule has 2 amide bonds. The lowest BCUT2D eigenvalue weighted by molar-refractivity contribution is -0.139. The third-order valence-electron chi connectivity index (χ3n) is 5.98. The molecule has 0 radical (unpaired) electrons. The molecule has 162 valence electrons. The SMILES string of the molecule is COCCN(C(=O)C1CC1)C1C=C(C(=O)NCCO)C2c3ccccc3OC2C1O. The smallest absolute Gasteiger partial charge is 0.247 e. The van der Waals surface area contributed by atoms with Gasteiger partial charge in [0.15, 0.2) is 0 Å². The van der Waals surface area contributed by atoms with Crippen molar-refractivity contribution in [3.05, 3.63) is 41.5 Å². The summed E-state index contributed by atoms with van der Waals surface area (Å²) in [5.74, 6) is -0.205. The number of para-hydroxylation sites is 1. The molecule has 1 fully saturated rings. The Kier molecular flexibility index (Phi) is 6.08. The van der Waals surface area contributed by atoms with Gasteiger partial charge in [-0.05, 0) is 25.0 Å². The number of rotatable bonds is 8. The normalized spacial score (nSPS) is 26.8. The summed E-state index contributed by atoms with van der Waals surface area (Å²) in [5, 5.41) is 23.0. The number of hydrogen-bond donors (Lipinski definition) is 3. The third-order valence-corrected chi connectivity index (χ3v) is 5.98. The number of fused-ring (bicyclic) bond motifs is 3. The monoisotopic (exact) mass is 416 g/mol. The average molecular weight is 416 g/mol. The zero-order valence-electron chi connectivity index (χ0n) is 17.0. The topological polar surface area (TPSA) is 108 Å². The molecule has 0 spiro atoms. The zero-order valence-corrected chi connectivity index (χ0v) is 17.0. The number of benzene rings is 1. The van der Waals surface area contributed by atoms with Crippen molar-refractivity contribution in [1.82, 2.24) is 10.2 Å². The van der Waals surface area contributed by atoms with Crippen LogP contribution >= 0.6 is 0 Å². The molecule has 2 aliphatic carbocycles. The minimum Gasteiger partial charge on any atom is -0.486 e. The van der Waals surface area contributed by atoms with Crippen LogP contribution in [0, 0.1) is 5.92 Å². The molecule has 0 saturated heterocycles. The van der Waals surface area contributed by atoms with Crippen molar-refractivity contribution in [2.75, 3.05) is 33.4 Å². The van der Waals surface area contributed by atoms with Crippen molar-refractivity contribution >= 4 is 11.8 Å². The van der Waals surface area contributed by atoms with Gasteiger partial charge in [0.05, 0.1) is 25.2 Å². The Bertz CT molecular complexity index is 837. The van der Waals surface area contributed by atoms with Crippen LogP contribution in [0.5, 0.6) is 5.75 Å². The van der Waals surface area contributed by atoms with Crippen molar-refractivity contribution in [2.24, 2.45) is 5.92 Å². The number of nitrogens with zero attached hydrogens (tertiary/aromatic N) is 1. The molecule has 30 heavy (non-hydrogen) atoms. The van der Waals surface area contributed by atoms with E-state index >= 15 is 0 Å². The van der Waals surface area contributed by atoms with Gasteiger partial charge in [-0.1, -0.05) is 18.2 Å². The molecule has 1 aromatic carbocycles.